The number of carbonyl (C=O) groups is 1. The number of benzene rings is 1. The summed E-state index contributed by atoms with van der Waals surface area (Å²) in [6.07, 6.45) is 6.42. The van der Waals surface area contributed by atoms with Crippen LogP contribution in [0, 0.1) is 0 Å². The summed E-state index contributed by atoms with van der Waals surface area (Å²) in [4.78, 5) is 23.4. The second-order valence-corrected chi connectivity index (χ2v) is 8.60. The van der Waals surface area contributed by atoms with Crippen molar-refractivity contribution in [2.75, 3.05) is 6.54 Å². The largest absolute Gasteiger partial charge is 0.457 e. The van der Waals surface area contributed by atoms with Crippen molar-refractivity contribution in [3.63, 3.8) is 0 Å². The topological polar surface area (TPSA) is 58.7 Å². The third-order valence-electron chi connectivity index (χ3n) is 4.27. The van der Waals surface area contributed by atoms with Gasteiger partial charge in [0.2, 0.25) is 0 Å². The maximum atomic E-state index is 12.9. The van der Waals surface area contributed by atoms with Gasteiger partial charge >= 0.3 is 0 Å². The van der Waals surface area contributed by atoms with Crippen LogP contribution in [-0.4, -0.2) is 27.5 Å². The summed E-state index contributed by atoms with van der Waals surface area (Å²) in [5.74, 6) is 0.946. The fourth-order valence-electron chi connectivity index (χ4n) is 2.81. The third-order valence-corrected chi connectivity index (χ3v) is 6.31. The Kier molecular flexibility index (Phi) is 6.53. The van der Waals surface area contributed by atoms with Crippen molar-refractivity contribution >= 4 is 69.4 Å². The Hall–Kier alpha value is -2.51. The van der Waals surface area contributed by atoms with Gasteiger partial charge < -0.3 is 4.42 Å². The zero-order chi connectivity index (χ0) is 22.0. The molecule has 1 fully saturated rings. The van der Waals surface area contributed by atoms with Crippen LogP contribution < -0.4 is 0 Å². The van der Waals surface area contributed by atoms with Crippen LogP contribution in [0.2, 0.25) is 15.1 Å². The molecular weight excluding hydrogens is 477 g/mol. The molecule has 9 heteroatoms. The molecule has 2 aromatic heterocycles. The zero-order valence-electron chi connectivity index (χ0n) is 15.9. The quantitative estimate of drug-likeness (QED) is 0.283. The van der Waals surface area contributed by atoms with Crippen molar-refractivity contribution in [1.82, 2.24) is 9.88 Å². The first-order chi connectivity index (χ1) is 15.0. The number of aliphatic imine (C=N–C) groups is 1. The molecule has 1 aliphatic rings. The molecule has 0 aliphatic carbocycles. The lowest BCUT2D eigenvalue weighted by Crippen LogP contribution is -2.29. The summed E-state index contributed by atoms with van der Waals surface area (Å²) in [6.45, 7) is 4.04. The van der Waals surface area contributed by atoms with Crippen LogP contribution >= 0.6 is 46.6 Å². The summed E-state index contributed by atoms with van der Waals surface area (Å²) < 4.78 is 5.89. The smallest absolute Gasteiger partial charge is 0.267 e. The molecule has 3 heterocycles. The highest BCUT2D eigenvalue weighted by atomic mass is 35.5. The normalized spacial score (nSPS) is 16.5. The van der Waals surface area contributed by atoms with Crippen LogP contribution in [0.5, 0.6) is 0 Å². The first kappa shape index (κ1) is 21.7. The van der Waals surface area contributed by atoms with Gasteiger partial charge in [0.1, 0.15) is 11.5 Å². The van der Waals surface area contributed by atoms with Crippen LogP contribution in [0.25, 0.3) is 17.4 Å². The van der Waals surface area contributed by atoms with Gasteiger partial charge in [-0.05, 0) is 48.2 Å². The lowest BCUT2D eigenvalue weighted by molar-refractivity contribution is -0.121. The summed E-state index contributed by atoms with van der Waals surface area (Å²) in [7, 11) is 0. The van der Waals surface area contributed by atoms with E-state index in [2.05, 4.69) is 16.6 Å². The number of carbonyl (C=O) groups excluding carboxylic acids is 1. The number of halogens is 3. The van der Waals surface area contributed by atoms with E-state index in [9.17, 15) is 4.79 Å². The Morgan fingerprint density at radius 2 is 1.97 bits per heavy atom. The van der Waals surface area contributed by atoms with Crippen LogP contribution in [0.15, 0.2) is 75.8 Å². The van der Waals surface area contributed by atoms with Crippen molar-refractivity contribution in [2.24, 2.45) is 4.99 Å². The molecule has 0 N–H and O–H groups in total. The van der Waals surface area contributed by atoms with E-state index in [0.29, 0.717) is 48.9 Å². The van der Waals surface area contributed by atoms with E-state index in [-0.39, 0.29) is 5.91 Å². The van der Waals surface area contributed by atoms with Crippen molar-refractivity contribution in [1.29, 1.82) is 0 Å². The minimum absolute atomic E-state index is 0.193. The lowest BCUT2D eigenvalue weighted by atomic mass is 10.2. The Bertz CT molecular complexity index is 1240. The van der Waals surface area contributed by atoms with Gasteiger partial charge in [0.25, 0.3) is 5.91 Å². The number of amidine groups is 1. The van der Waals surface area contributed by atoms with Gasteiger partial charge in [0.05, 0.1) is 25.7 Å². The van der Waals surface area contributed by atoms with Crippen LogP contribution in [0.3, 0.4) is 0 Å². The average molecular weight is 491 g/mol. The van der Waals surface area contributed by atoms with Crippen molar-refractivity contribution < 1.29 is 9.21 Å². The molecule has 4 rings (SSSR count). The molecule has 0 unspecified atom stereocenters. The van der Waals surface area contributed by atoms with E-state index in [1.165, 1.54) is 22.9 Å². The number of hydrogen-bond acceptors (Lipinski definition) is 5. The molecule has 5 nitrogen and oxygen atoms in total. The average Bonchev–Trinajstić information content (AvgIpc) is 3.33. The fraction of sp³-hybridized carbons (Fsp3) is 0.0455. The fourth-order valence-corrected chi connectivity index (χ4v) is 4.25. The lowest BCUT2D eigenvalue weighted by Gasteiger charge is -2.12. The molecule has 0 spiro atoms. The van der Waals surface area contributed by atoms with Gasteiger partial charge in [-0.15, -0.1) is 6.58 Å². The van der Waals surface area contributed by atoms with Gasteiger partial charge in [-0.2, -0.15) is 0 Å². The molecule has 3 aromatic rings. The molecule has 0 saturated carbocycles. The standard InChI is InChI=1S/C22H14Cl3N3O2S/c1-2-9-28-21(29)20(31-22(28)27-18-7-8-26-12-17(18)25)11-14-4-6-19(30-14)13-3-5-15(23)16(24)10-13/h2-8,10-12H,1,9H2/b20-11+,27-22?. The maximum Gasteiger partial charge on any atom is 0.267 e. The highest BCUT2D eigenvalue weighted by molar-refractivity contribution is 8.18. The first-order valence-corrected chi connectivity index (χ1v) is 11.0. The van der Waals surface area contributed by atoms with Crippen molar-refractivity contribution in [2.45, 2.75) is 0 Å². The van der Waals surface area contributed by atoms with E-state index >= 15 is 0 Å². The molecule has 1 saturated heterocycles. The molecule has 1 amide bonds. The number of rotatable bonds is 5. The van der Waals surface area contributed by atoms with Crippen molar-refractivity contribution in [3.8, 4) is 11.3 Å². The van der Waals surface area contributed by atoms with Gasteiger partial charge in [-0.3, -0.25) is 14.7 Å². The number of pyridine rings is 1. The van der Waals surface area contributed by atoms with E-state index < -0.39 is 0 Å². The summed E-state index contributed by atoms with van der Waals surface area (Å²) in [5, 5.41) is 1.81. The summed E-state index contributed by atoms with van der Waals surface area (Å²) in [5.41, 5.74) is 1.31. The number of hydrogen-bond donors (Lipinski definition) is 0. The van der Waals surface area contributed by atoms with Crippen LogP contribution in [0.4, 0.5) is 5.69 Å². The Balaban J connectivity index is 1.64. The zero-order valence-corrected chi connectivity index (χ0v) is 19.0. The van der Waals surface area contributed by atoms with E-state index in [1.807, 2.05) is 12.1 Å². The van der Waals surface area contributed by atoms with E-state index in [0.717, 1.165) is 5.56 Å². The molecular formula is C22H14Cl3N3O2S. The summed E-state index contributed by atoms with van der Waals surface area (Å²) in [6, 6.07) is 10.5. The maximum absolute atomic E-state index is 12.9. The van der Waals surface area contributed by atoms with Crippen LogP contribution in [-0.2, 0) is 4.79 Å². The number of nitrogens with zero attached hydrogens (tertiary/aromatic N) is 3. The molecule has 0 atom stereocenters. The predicted molar refractivity (Wildman–Crippen MR) is 128 cm³/mol. The molecule has 1 aromatic carbocycles. The highest BCUT2D eigenvalue weighted by Gasteiger charge is 2.33. The van der Waals surface area contributed by atoms with Gasteiger partial charge in [0.15, 0.2) is 5.17 Å². The molecule has 0 radical (unpaired) electrons. The number of amides is 1. The first-order valence-electron chi connectivity index (χ1n) is 9.02. The molecule has 31 heavy (non-hydrogen) atoms. The second-order valence-electron chi connectivity index (χ2n) is 6.37. The Morgan fingerprint density at radius 3 is 2.71 bits per heavy atom. The number of thioether (sulfide) groups is 1. The monoisotopic (exact) mass is 489 g/mol. The number of aromatic nitrogens is 1. The predicted octanol–water partition coefficient (Wildman–Crippen LogP) is 7.09. The van der Waals surface area contributed by atoms with Crippen LogP contribution in [0.1, 0.15) is 5.76 Å². The summed E-state index contributed by atoms with van der Waals surface area (Å²) >= 11 is 19.5. The SMILES string of the molecule is C=CCN1C(=O)/C(=C\c2ccc(-c3ccc(Cl)c(Cl)c3)o2)SC1=Nc1ccncc1Cl. The minimum atomic E-state index is -0.193. The van der Waals surface area contributed by atoms with E-state index in [4.69, 9.17) is 39.2 Å². The van der Waals surface area contributed by atoms with Crippen molar-refractivity contribution in [3.05, 3.63) is 87.2 Å². The minimum Gasteiger partial charge on any atom is -0.457 e. The third kappa shape index (κ3) is 4.72. The van der Waals surface area contributed by atoms with Gasteiger partial charge in [-0.25, -0.2) is 4.99 Å². The number of furan rings is 1. The van der Waals surface area contributed by atoms with Gasteiger partial charge in [-0.1, -0.05) is 40.9 Å². The Morgan fingerprint density at radius 1 is 1.13 bits per heavy atom. The van der Waals surface area contributed by atoms with E-state index in [1.54, 1.807) is 42.6 Å². The molecule has 156 valence electrons. The Labute approximate surface area is 198 Å². The molecule has 1 aliphatic heterocycles. The highest BCUT2D eigenvalue weighted by Crippen LogP contribution is 2.36. The molecule has 0 bridgehead atoms. The second kappa shape index (κ2) is 9.32. The van der Waals surface area contributed by atoms with Gasteiger partial charge in [0, 0.05) is 30.6 Å².